The highest BCUT2D eigenvalue weighted by Crippen LogP contribution is 2.24. The summed E-state index contributed by atoms with van der Waals surface area (Å²) in [6.07, 6.45) is -4.43. The Morgan fingerprint density at radius 3 is 2.76 bits per heavy atom. The van der Waals surface area contributed by atoms with Crippen molar-refractivity contribution in [3.63, 3.8) is 0 Å². The quantitative estimate of drug-likeness (QED) is 0.821. The van der Waals surface area contributed by atoms with Crippen LogP contribution in [0.5, 0.6) is 0 Å². The lowest BCUT2D eigenvalue weighted by Gasteiger charge is -2.08. The van der Waals surface area contributed by atoms with Gasteiger partial charge in [0.15, 0.2) is 0 Å². The topological polar surface area (TPSA) is 58.2 Å². The van der Waals surface area contributed by atoms with E-state index in [1.165, 1.54) is 0 Å². The van der Waals surface area contributed by atoms with E-state index >= 15 is 0 Å². The highest BCUT2D eigenvalue weighted by atomic mass is 19.4. The minimum Gasteiger partial charge on any atom is -0.352 e. The van der Waals surface area contributed by atoms with Gasteiger partial charge < -0.3 is 10.6 Å². The second-order valence-corrected chi connectivity index (χ2v) is 4.93. The van der Waals surface area contributed by atoms with Crippen LogP contribution in [0.25, 0.3) is 0 Å². The van der Waals surface area contributed by atoms with Crippen LogP contribution in [0.1, 0.15) is 35.2 Å². The zero-order valence-corrected chi connectivity index (χ0v) is 11.2. The Kier molecular flexibility index (Phi) is 4.50. The van der Waals surface area contributed by atoms with Crippen LogP contribution in [0.3, 0.4) is 0 Å². The second kappa shape index (κ2) is 6.15. The molecule has 0 saturated heterocycles. The molecule has 0 fully saturated rings. The minimum atomic E-state index is -4.15. The van der Waals surface area contributed by atoms with Gasteiger partial charge in [-0.05, 0) is 30.5 Å². The molecule has 4 nitrogen and oxygen atoms in total. The minimum absolute atomic E-state index is 0.00990. The Hall–Kier alpha value is -2.05. The number of amides is 2. The van der Waals surface area contributed by atoms with E-state index in [0.717, 1.165) is 5.56 Å². The Balaban J connectivity index is 1.79. The van der Waals surface area contributed by atoms with E-state index in [2.05, 4.69) is 10.6 Å². The summed E-state index contributed by atoms with van der Waals surface area (Å²) < 4.78 is 35.8. The molecule has 0 aromatic heterocycles. The van der Waals surface area contributed by atoms with Crippen LogP contribution in [0.4, 0.5) is 18.9 Å². The van der Waals surface area contributed by atoms with Gasteiger partial charge >= 0.3 is 6.18 Å². The monoisotopic (exact) mass is 300 g/mol. The number of fused-ring (bicyclic) bond motifs is 1. The first-order valence-corrected chi connectivity index (χ1v) is 6.63. The summed E-state index contributed by atoms with van der Waals surface area (Å²) in [6.45, 7) is 0.193. The number of halogens is 3. The molecule has 0 unspecified atom stereocenters. The van der Waals surface area contributed by atoms with E-state index in [1.807, 2.05) is 0 Å². The van der Waals surface area contributed by atoms with Crippen molar-refractivity contribution in [1.29, 1.82) is 0 Å². The molecule has 1 aromatic rings. The molecule has 2 amide bonds. The van der Waals surface area contributed by atoms with E-state index in [9.17, 15) is 22.8 Å². The van der Waals surface area contributed by atoms with Crippen LogP contribution >= 0.6 is 0 Å². The van der Waals surface area contributed by atoms with Crippen molar-refractivity contribution in [1.82, 2.24) is 5.32 Å². The van der Waals surface area contributed by atoms with Gasteiger partial charge in [0.25, 0.3) is 5.91 Å². The molecule has 1 aliphatic heterocycles. The highest BCUT2D eigenvalue weighted by molar-refractivity contribution is 6.02. The Labute approximate surface area is 119 Å². The number of benzene rings is 1. The molecule has 0 radical (unpaired) electrons. The van der Waals surface area contributed by atoms with Crippen molar-refractivity contribution in [2.75, 3.05) is 11.9 Å². The first kappa shape index (κ1) is 15.3. The van der Waals surface area contributed by atoms with Crippen LogP contribution in [-0.2, 0) is 11.2 Å². The Morgan fingerprint density at radius 1 is 1.29 bits per heavy atom. The number of anilines is 1. The van der Waals surface area contributed by atoms with E-state index < -0.39 is 12.6 Å². The molecule has 1 aromatic carbocycles. The van der Waals surface area contributed by atoms with Gasteiger partial charge in [-0.15, -0.1) is 0 Å². The first-order chi connectivity index (χ1) is 9.85. The average Bonchev–Trinajstić information content (AvgIpc) is 2.75. The number of carbonyl (C=O) groups is 2. The zero-order chi connectivity index (χ0) is 15.5. The highest BCUT2D eigenvalue weighted by Gasteiger charge is 2.25. The fraction of sp³-hybridized carbons (Fsp3) is 0.429. The van der Waals surface area contributed by atoms with E-state index in [4.69, 9.17) is 0 Å². The molecule has 0 saturated carbocycles. The van der Waals surface area contributed by atoms with Gasteiger partial charge in [0, 0.05) is 24.2 Å². The van der Waals surface area contributed by atoms with Crippen molar-refractivity contribution >= 4 is 17.5 Å². The lowest BCUT2D eigenvalue weighted by atomic mass is 10.1. The van der Waals surface area contributed by atoms with Crippen LogP contribution < -0.4 is 10.6 Å². The first-order valence-electron chi connectivity index (χ1n) is 6.63. The molecule has 21 heavy (non-hydrogen) atoms. The molecular weight excluding hydrogens is 285 g/mol. The molecule has 0 atom stereocenters. The maximum Gasteiger partial charge on any atom is 0.389 e. The van der Waals surface area contributed by atoms with Crippen molar-refractivity contribution in [3.05, 3.63) is 29.3 Å². The van der Waals surface area contributed by atoms with Crippen LogP contribution in [0.2, 0.25) is 0 Å². The summed E-state index contributed by atoms with van der Waals surface area (Å²) >= 11 is 0. The maximum atomic E-state index is 11.9. The van der Waals surface area contributed by atoms with Crippen LogP contribution in [-0.4, -0.2) is 24.5 Å². The van der Waals surface area contributed by atoms with Crippen molar-refractivity contribution in [2.45, 2.75) is 31.9 Å². The SMILES string of the molecule is O=C1Cc2ccc(C(=O)NCCCCC(F)(F)F)cc2N1. The molecule has 1 aliphatic rings. The number of alkyl halides is 3. The molecular formula is C14H15F3N2O2. The Bertz CT molecular complexity index is 556. The van der Waals surface area contributed by atoms with Gasteiger partial charge in [0.1, 0.15) is 0 Å². The van der Waals surface area contributed by atoms with Gasteiger partial charge in [0.2, 0.25) is 5.91 Å². The molecule has 2 rings (SSSR count). The third kappa shape index (κ3) is 4.47. The largest absolute Gasteiger partial charge is 0.389 e. The summed E-state index contributed by atoms with van der Waals surface area (Å²) in [4.78, 5) is 23.0. The normalized spacial score (nSPS) is 13.8. The van der Waals surface area contributed by atoms with Crippen molar-refractivity contribution in [3.8, 4) is 0 Å². The third-order valence-electron chi connectivity index (χ3n) is 3.17. The fourth-order valence-electron chi connectivity index (χ4n) is 2.11. The number of carbonyl (C=O) groups excluding carboxylic acids is 2. The molecule has 0 bridgehead atoms. The van der Waals surface area contributed by atoms with Crippen LogP contribution in [0, 0.1) is 0 Å². The molecule has 0 aliphatic carbocycles. The van der Waals surface area contributed by atoms with E-state index in [-0.39, 0.29) is 31.2 Å². The predicted octanol–water partition coefficient (Wildman–Crippen LogP) is 2.64. The van der Waals surface area contributed by atoms with Gasteiger partial charge in [-0.25, -0.2) is 0 Å². The van der Waals surface area contributed by atoms with E-state index in [1.54, 1.807) is 18.2 Å². The van der Waals surface area contributed by atoms with Crippen LogP contribution in [0.15, 0.2) is 18.2 Å². The summed E-state index contributed by atoms with van der Waals surface area (Å²) in [5.74, 6) is -0.472. The molecule has 0 spiro atoms. The number of rotatable bonds is 5. The smallest absolute Gasteiger partial charge is 0.352 e. The zero-order valence-electron chi connectivity index (χ0n) is 11.2. The van der Waals surface area contributed by atoms with Crippen molar-refractivity contribution in [2.24, 2.45) is 0 Å². The number of hydrogen-bond donors (Lipinski definition) is 2. The van der Waals surface area contributed by atoms with Gasteiger partial charge in [0.05, 0.1) is 6.42 Å². The van der Waals surface area contributed by atoms with Gasteiger partial charge in [-0.2, -0.15) is 13.2 Å². The summed E-state index contributed by atoms with van der Waals surface area (Å²) in [6, 6.07) is 4.88. The molecule has 1 heterocycles. The fourth-order valence-corrected chi connectivity index (χ4v) is 2.11. The van der Waals surface area contributed by atoms with E-state index in [0.29, 0.717) is 17.7 Å². The third-order valence-corrected chi connectivity index (χ3v) is 3.17. The summed E-state index contributed by atoms with van der Waals surface area (Å²) in [5.41, 5.74) is 1.83. The lowest BCUT2D eigenvalue weighted by Crippen LogP contribution is -2.24. The maximum absolute atomic E-state index is 11.9. The lowest BCUT2D eigenvalue weighted by molar-refractivity contribution is -0.135. The van der Waals surface area contributed by atoms with Gasteiger partial charge in [-0.1, -0.05) is 6.07 Å². The predicted molar refractivity (Wildman–Crippen MR) is 71.0 cm³/mol. The number of unbranched alkanes of at least 4 members (excludes halogenated alkanes) is 1. The number of hydrogen-bond acceptors (Lipinski definition) is 2. The summed E-state index contributed by atoms with van der Waals surface area (Å²) in [5, 5.41) is 5.21. The van der Waals surface area contributed by atoms with Gasteiger partial charge in [-0.3, -0.25) is 9.59 Å². The Morgan fingerprint density at radius 2 is 2.05 bits per heavy atom. The average molecular weight is 300 g/mol. The van der Waals surface area contributed by atoms with Crippen molar-refractivity contribution < 1.29 is 22.8 Å². The summed E-state index contributed by atoms with van der Waals surface area (Å²) in [7, 11) is 0. The standard InChI is InChI=1S/C14H15F3N2O2/c15-14(16,17)5-1-2-6-18-13(21)10-4-3-9-8-12(20)19-11(9)7-10/h3-4,7H,1-2,5-6,8H2,(H,18,21)(H,19,20). The molecule has 7 heteroatoms. The molecule has 114 valence electrons. The number of nitrogens with one attached hydrogen (secondary N) is 2. The molecule has 2 N–H and O–H groups in total. The second-order valence-electron chi connectivity index (χ2n) is 4.93.